The monoisotopic (exact) mass is 504 g/mol. The van der Waals surface area contributed by atoms with E-state index in [-0.39, 0.29) is 23.7 Å². The number of fused-ring (bicyclic) bond motifs is 3. The van der Waals surface area contributed by atoms with Crippen LogP contribution in [-0.2, 0) is 23.0 Å². The first kappa shape index (κ1) is 26.0. The lowest BCUT2D eigenvalue weighted by Gasteiger charge is -2.19. The van der Waals surface area contributed by atoms with Gasteiger partial charge < -0.3 is 14.6 Å². The molecule has 2 aromatic heterocycles. The molecule has 36 heavy (non-hydrogen) atoms. The van der Waals surface area contributed by atoms with Crippen molar-refractivity contribution in [1.82, 2.24) is 9.88 Å². The van der Waals surface area contributed by atoms with Crippen LogP contribution in [0, 0.1) is 5.92 Å². The Morgan fingerprint density at radius 1 is 1.00 bits per heavy atom. The lowest BCUT2D eigenvalue weighted by molar-refractivity contribution is -0.146. The van der Waals surface area contributed by atoms with Gasteiger partial charge in [0.1, 0.15) is 4.83 Å². The zero-order valence-corrected chi connectivity index (χ0v) is 22.5. The number of nitrogens with zero attached hydrogens (tertiary/aromatic N) is 1. The van der Waals surface area contributed by atoms with Crippen LogP contribution < -0.4 is 5.32 Å². The van der Waals surface area contributed by atoms with E-state index in [9.17, 15) is 9.59 Å². The molecule has 2 aromatic carbocycles. The molecule has 0 aliphatic carbocycles. The van der Waals surface area contributed by atoms with Gasteiger partial charge in [-0.15, -0.1) is 11.3 Å². The predicted molar refractivity (Wildman–Crippen MR) is 149 cm³/mol. The SMILES string of the molecule is CCOC(=O)C(c1ccc(CCCCCNC(=O)c2cc3c4ccccc4n(C)c3s2)cc1)C(C)C. The van der Waals surface area contributed by atoms with Gasteiger partial charge in [-0.25, -0.2) is 0 Å². The fourth-order valence-electron chi connectivity index (χ4n) is 4.88. The van der Waals surface area contributed by atoms with E-state index in [4.69, 9.17) is 4.74 Å². The maximum atomic E-state index is 12.7. The van der Waals surface area contributed by atoms with Gasteiger partial charge in [-0.1, -0.05) is 62.7 Å². The Kier molecular flexibility index (Phi) is 8.47. The minimum atomic E-state index is -0.220. The molecule has 0 aliphatic heterocycles. The molecule has 0 bridgehead atoms. The van der Waals surface area contributed by atoms with Crippen molar-refractivity contribution in [3.63, 3.8) is 0 Å². The van der Waals surface area contributed by atoms with E-state index in [1.165, 1.54) is 16.5 Å². The first-order chi connectivity index (χ1) is 17.4. The van der Waals surface area contributed by atoms with Crippen LogP contribution in [0.5, 0.6) is 0 Å². The Labute approximate surface area is 217 Å². The fraction of sp³-hybridized carbons (Fsp3) is 0.400. The second-order valence-electron chi connectivity index (χ2n) is 9.69. The van der Waals surface area contributed by atoms with Crippen LogP contribution in [-0.4, -0.2) is 29.6 Å². The molecule has 1 atom stereocenters. The molecule has 0 saturated heterocycles. The number of carbonyl (C=O) groups is 2. The van der Waals surface area contributed by atoms with E-state index in [1.807, 2.05) is 25.1 Å². The molecule has 0 radical (unpaired) electrons. The van der Waals surface area contributed by atoms with E-state index in [1.54, 1.807) is 11.3 Å². The van der Waals surface area contributed by atoms with Crippen molar-refractivity contribution in [2.75, 3.05) is 13.2 Å². The number of thiophene rings is 1. The summed E-state index contributed by atoms with van der Waals surface area (Å²) in [6, 6.07) is 18.7. The summed E-state index contributed by atoms with van der Waals surface area (Å²) in [6.07, 6.45) is 4.06. The van der Waals surface area contributed by atoms with Gasteiger partial charge in [-0.2, -0.15) is 0 Å². The molecular formula is C30H36N2O3S. The molecule has 190 valence electrons. The zero-order valence-electron chi connectivity index (χ0n) is 21.7. The highest BCUT2D eigenvalue weighted by Crippen LogP contribution is 2.34. The van der Waals surface area contributed by atoms with Crippen molar-refractivity contribution >= 4 is 44.3 Å². The largest absolute Gasteiger partial charge is 0.466 e. The summed E-state index contributed by atoms with van der Waals surface area (Å²) >= 11 is 1.55. The topological polar surface area (TPSA) is 60.3 Å². The van der Waals surface area contributed by atoms with E-state index >= 15 is 0 Å². The fourth-order valence-corrected chi connectivity index (χ4v) is 5.94. The Morgan fingerprint density at radius 2 is 1.75 bits per heavy atom. The Morgan fingerprint density at radius 3 is 2.47 bits per heavy atom. The van der Waals surface area contributed by atoms with Gasteiger partial charge in [-0.3, -0.25) is 9.59 Å². The number of rotatable bonds is 11. The highest BCUT2D eigenvalue weighted by atomic mass is 32.1. The van der Waals surface area contributed by atoms with Crippen molar-refractivity contribution in [1.29, 1.82) is 0 Å². The third-order valence-electron chi connectivity index (χ3n) is 6.77. The number of benzene rings is 2. The minimum absolute atomic E-state index is 0.0113. The Balaban J connectivity index is 1.22. The molecule has 4 rings (SSSR count). The maximum Gasteiger partial charge on any atom is 0.313 e. The third-order valence-corrected chi connectivity index (χ3v) is 7.98. The first-order valence-corrected chi connectivity index (χ1v) is 13.7. The molecule has 0 saturated carbocycles. The molecule has 0 spiro atoms. The van der Waals surface area contributed by atoms with Crippen LogP contribution in [0.2, 0.25) is 0 Å². The maximum absolute atomic E-state index is 12.7. The molecular weight excluding hydrogens is 468 g/mol. The first-order valence-electron chi connectivity index (χ1n) is 12.9. The number of carbonyl (C=O) groups excluding carboxylic acids is 2. The number of unbranched alkanes of at least 4 members (excludes halogenated alkanes) is 2. The highest BCUT2D eigenvalue weighted by molar-refractivity contribution is 7.20. The summed E-state index contributed by atoms with van der Waals surface area (Å²) in [5.74, 6) is -0.164. The number of aryl methyl sites for hydroxylation is 2. The van der Waals surface area contributed by atoms with Gasteiger partial charge in [0.05, 0.1) is 17.4 Å². The van der Waals surface area contributed by atoms with Gasteiger partial charge in [0.25, 0.3) is 5.91 Å². The number of hydrogen-bond donors (Lipinski definition) is 1. The van der Waals surface area contributed by atoms with Gasteiger partial charge in [0.15, 0.2) is 0 Å². The summed E-state index contributed by atoms with van der Waals surface area (Å²) < 4.78 is 7.43. The van der Waals surface area contributed by atoms with Gasteiger partial charge >= 0.3 is 5.97 Å². The number of para-hydroxylation sites is 1. The number of hydrogen-bond acceptors (Lipinski definition) is 4. The molecule has 0 aliphatic rings. The van der Waals surface area contributed by atoms with Gasteiger partial charge in [0.2, 0.25) is 0 Å². The van der Waals surface area contributed by atoms with Crippen LogP contribution in [0.25, 0.3) is 21.1 Å². The normalized spacial score (nSPS) is 12.4. The van der Waals surface area contributed by atoms with Crippen LogP contribution in [0.4, 0.5) is 0 Å². The number of esters is 1. The molecule has 0 fully saturated rings. The summed E-state index contributed by atoms with van der Waals surface area (Å²) in [5.41, 5.74) is 3.48. The summed E-state index contributed by atoms with van der Waals surface area (Å²) in [4.78, 5) is 26.9. The number of nitrogens with one attached hydrogen (secondary N) is 1. The van der Waals surface area contributed by atoms with E-state index in [0.29, 0.717) is 13.2 Å². The average molecular weight is 505 g/mol. The predicted octanol–water partition coefficient (Wildman–Crippen LogP) is 6.84. The third kappa shape index (κ3) is 5.65. The molecule has 1 N–H and O–H groups in total. The van der Waals surface area contributed by atoms with Gasteiger partial charge in [-0.05, 0) is 55.4 Å². The quantitative estimate of drug-likeness (QED) is 0.180. The van der Waals surface area contributed by atoms with Crippen LogP contribution in [0.15, 0.2) is 54.6 Å². The lowest BCUT2D eigenvalue weighted by atomic mass is 9.88. The van der Waals surface area contributed by atoms with Crippen LogP contribution in [0.3, 0.4) is 0 Å². The van der Waals surface area contributed by atoms with E-state index in [2.05, 4.69) is 67.2 Å². The van der Waals surface area contributed by atoms with E-state index < -0.39 is 0 Å². The number of amides is 1. The molecule has 4 aromatic rings. The second-order valence-corrected chi connectivity index (χ2v) is 10.7. The number of ether oxygens (including phenoxy) is 1. The summed E-state index contributed by atoms with van der Waals surface area (Å²) in [5, 5.41) is 5.43. The Hall–Kier alpha value is -3.12. The standard InChI is InChI=1S/C30H36N2O3S/c1-5-35-30(34)27(20(2)3)22-16-14-21(15-17-22)11-7-6-10-18-31-28(33)26-19-24-23-12-8-9-13-25(23)32(4)29(24)36-26/h8-9,12-17,19-20,27H,5-7,10-11,18H2,1-4H3,(H,31,33). The van der Waals surface area contributed by atoms with Crippen LogP contribution in [0.1, 0.15) is 66.8 Å². The minimum Gasteiger partial charge on any atom is -0.466 e. The van der Waals surface area contributed by atoms with Crippen LogP contribution >= 0.6 is 11.3 Å². The van der Waals surface area contributed by atoms with Crippen molar-refractivity contribution in [2.45, 2.75) is 52.4 Å². The molecule has 2 heterocycles. The molecule has 6 heteroatoms. The van der Waals surface area contributed by atoms with Crippen molar-refractivity contribution in [3.05, 3.63) is 70.6 Å². The average Bonchev–Trinajstić information content (AvgIpc) is 3.42. The summed E-state index contributed by atoms with van der Waals surface area (Å²) in [6.45, 7) is 7.04. The number of aromatic nitrogens is 1. The zero-order chi connectivity index (χ0) is 25.7. The molecule has 1 amide bonds. The van der Waals surface area contributed by atoms with Gasteiger partial charge in [0, 0.05) is 29.9 Å². The lowest BCUT2D eigenvalue weighted by Crippen LogP contribution is -2.23. The molecule has 5 nitrogen and oxygen atoms in total. The smallest absolute Gasteiger partial charge is 0.313 e. The van der Waals surface area contributed by atoms with Crippen molar-refractivity contribution in [3.8, 4) is 0 Å². The second kappa shape index (κ2) is 11.7. The summed E-state index contributed by atoms with van der Waals surface area (Å²) in [7, 11) is 2.06. The van der Waals surface area contributed by atoms with Crippen molar-refractivity contribution in [2.24, 2.45) is 13.0 Å². The Bertz CT molecular complexity index is 1330. The highest BCUT2D eigenvalue weighted by Gasteiger charge is 2.25. The van der Waals surface area contributed by atoms with Crippen molar-refractivity contribution < 1.29 is 14.3 Å². The van der Waals surface area contributed by atoms with E-state index in [0.717, 1.165) is 46.3 Å². The molecule has 1 unspecified atom stereocenters.